The van der Waals surface area contributed by atoms with E-state index in [1.807, 2.05) is 25.8 Å². The van der Waals surface area contributed by atoms with Crippen LogP contribution in [0.3, 0.4) is 0 Å². The molecule has 0 spiro atoms. The zero-order valence-corrected chi connectivity index (χ0v) is 15.6. The molecule has 1 aliphatic carbocycles. The standard InChI is InChI=1S/C16H26N2O2S2/c1-11-7-5-6-8-14(11)18(4)16(19)10-22(20)9-15-12(2)17-13(3)21-15/h11,14H,5-10H2,1-4H3/t11-,14-,22+/m0/s1. The molecule has 0 saturated heterocycles. The number of thiazole rings is 1. The van der Waals surface area contributed by atoms with Gasteiger partial charge in [0, 0.05) is 28.8 Å². The Hall–Kier alpha value is -0.750. The second kappa shape index (κ2) is 7.68. The largest absolute Gasteiger partial charge is 0.342 e. The van der Waals surface area contributed by atoms with Crippen molar-refractivity contribution in [1.82, 2.24) is 9.88 Å². The van der Waals surface area contributed by atoms with Crippen molar-refractivity contribution in [2.24, 2.45) is 5.92 Å². The number of rotatable bonds is 5. The molecule has 22 heavy (non-hydrogen) atoms. The fourth-order valence-electron chi connectivity index (χ4n) is 3.20. The lowest BCUT2D eigenvalue weighted by atomic mass is 9.85. The number of nitrogens with zero attached hydrogens (tertiary/aromatic N) is 2. The van der Waals surface area contributed by atoms with E-state index in [0.717, 1.165) is 22.0 Å². The summed E-state index contributed by atoms with van der Waals surface area (Å²) >= 11 is 1.58. The monoisotopic (exact) mass is 342 g/mol. The van der Waals surface area contributed by atoms with Crippen LogP contribution >= 0.6 is 11.3 Å². The van der Waals surface area contributed by atoms with Gasteiger partial charge < -0.3 is 4.90 Å². The summed E-state index contributed by atoms with van der Waals surface area (Å²) in [6.45, 7) is 6.11. The molecule has 0 unspecified atom stereocenters. The molecule has 124 valence electrons. The van der Waals surface area contributed by atoms with E-state index in [1.165, 1.54) is 19.3 Å². The minimum atomic E-state index is -1.16. The van der Waals surface area contributed by atoms with Gasteiger partial charge in [-0.2, -0.15) is 0 Å². The van der Waals surface area contributed by atoms with Gasteiger partial charge in [0.05, 0.1) is 16.5 Å². The molecule has 0 radical (unpaired) electrons. The van der Waals surface area contributed by atoms with Crippen LogP contribution in [0.2, 0.25) is 0 Å². The number of carbonyl (C=O) groups is 1. The van der Waals surface area contributed by atoms with Gasteiger partial charge in [-0.05, 0) is 32.6 Å². The van der Waals surface area contributed by atoms with Gasteiger partial charge in [0.15, 0.2) is 0 Å². The van der Waals surface area contributed by atoms with Gasteiger partial charge >= 0.3 is 0 Å². The molecule has 0 aliphatic heterocycles. The molecule has 6 heteroatoms. The third-order valence-electron chi connectivity index (χ3n) is 4.53. The van der Waals surface area contributed by atoms with Gasteiger partial charge in [-0.1, -0.05) is 19.8 Å². The number of amides is 1. The average Bonchev–Trinajstić information content (AvgIpc) is 2.76. The maximum Gasteiger partial charge on any atom is 0.235 e. The van der Waals surface area contributed by atoms with Crippen LogP contribution in [0.5, 0.6) is 0 Å². The predicted octanol–water partition coefficient (Wildman–Crippen LogP) is 3.05. The Bertz CT molecular complexity index is 556. The fourth-order valence-corrected chi connectivity index (χ4v) is 5.65. The maximum absolute atomic E-state index is 12.4. The number of aromatic nitrogens is 1. The number of hydrogen-bond acceptors (Lipinski definition) is 4. The molecule has 3 atom stereocenters. The molecular weight excluding hydrogens is 316 g/mol. The van der Waals surface area contributed by atoms with Gasteiger partial charge in [-0.25, -0.2) is 4.98 Å². The zero-order chi connectivity index (χ0) is 16.3. The highest BCUT2D eigenvalue weighted by Gasteiger charge is 2.28. The Labute approximate surface area is 139 Å². The topological polar surface area (TPSA) is 50.3 Å². The summed E-state index contributed by atoms with van der Waals surface area (Å²) in [5.41, 5.74) is 0.942. The minimum Gasteiger partial charge on any atom is -0.342 e. The maximum atomic E-state index is 12.4. The molecule has 2 rings (SSSR count). The van der Waals surface area contributed by atoms with E-state index in [-0.39, 0.29) is 11.7 Å². The molecule has 1 fully saturated rings. The molecule has 1 aromatic rings. The van der Waals surface area contributed by atoms with E-state index in [2.05, 4.69) is 11.9 Å². The summed E-state index contributed by atoms with van der Waals surface area (Å²) in [6.07, 6.45) is 4.71. The first kappa shape index (κ1) is 17.6. The SMILES string of the molecule is Cc1nc(C)c(C[S@@](=O)CC(=O)N(C)[C@H]2CCCC[C@@H]2C)s1. The summed E-state index contributed by atoms with van der Waals surface area (Å²) in [6, 6.07) is 0.311. The lowest BCUT2D eigenvalue weighted by Gasteiger charge is -2.36. The molecular formula is C16H26N2O2S2. The lowest BCUT2D eigenvalue weighted by Crippen LogP contribution is -2.44. The predicted molar refractivity (Wildman–Crippen MR) is 92.5 cm³/mol. The Morgan fingerprint density at radius 1 is 1.36 bits per heavy atom. The highest BCUT2D eigenvalue weighted by atomic mass is 32.2. The van der Waals surface area contributed by atoms with Crippen molar-refractivity contribution < 1.29 is 9.00 Å². The molecule has 1 amide bonds. The van der Waals surface area contributed by atoms with E-state index in [4.69, 9.17) is 0 Å². The Morgan fingerprint density at radius 3 is 2.64 bits per heavy atom. The molecule has 0 bridgehead atoms. The van der Waals surface area contributed by atoms with E-state index in [9.17, 15) is 9.00 Å². The molecule has 0 N–H and O–H groups in total. The van der Waals surface area contributed by atoms with Crippen LogP contribution in [0.25, 0.3) is 0 Å². The average molecular weight is 343 g/mol. The van der Waals surface area contributed by atoms with Crippen LogP contribution in [0.15, 0.2) is 0 Å². The first-order valence-corrected chi connectivity index (χ1v) is 10.2. The van der Waals surface area contributed by atoms with Gasteiger partial charge in [-0.3, -0.25) is 9.00 Å². The molecule has 0 aromatic carbocycles. The Kier molecular flexibility index (Phi) is 6.15. The van der Waals surface area contributed by atoms with Gasteiger partial charge in [0.2, 0.25) is 5.91 Å². The van der Waals surface area contributed by atoms with Crippen LogP contribution in [0, 0.1) is 19.8 Å². The van der Waals surface area contributed by atoms with Crippen LogP contribution in [0.1, 0.15) is 48.2 Å². The summed E-state index contributed by atoms with van der Waals surface area (Å²) in [7, 11) is 0.714. The lowest BCUT2D eigenvalue weighted by molar-refractivity contribution is -0.130. The van der Waals surface area contributed by atoms with Crippen molar-refractivity contribution in [3.63, 3.8) is 0 Å². The van der Waals surface area contributed by atoms with Gasteiger partial charge in [0.1, 0.15) is 5.75 Å². The van der Waals surface area contributed by atoms with Crippen molar-refractivity contribution in [1.29, 1.82) is 0 Å². The molecule has 1 saturated carbocycles. The van der Waals surface area contributed by atoms with Crippen molar-refractivity contribution in [2.45, 2.75) is 58.2 Å². The molecule has 1 aliphatic rings. The summed E-state index contributed by atoms with van der Waals surface area (Å²) in [4.78, 5) is 19.6. The highest BCUT2D eigenvalue weighted by Crippen LogP contribution is 2.27. The quantitative estimate of drug-likeness (QED) is 0.826. The van der Waals surface area contributed by atoms with E-state index >= 15 is 0 Å². The normalized spacial score (nSPS) is 23.3. The Morgan fingerprint density at radius 2 is 2.05 bits per heavy atom. The van der Waals surface area contributed by atoms with Crippen LogP contribution in [0.4, 0.5) is 0 Å². The van der Waals surface area contributed by atoms with Gasteiger partial charge in [-0.15, -0.1) is 11.3 Å². The van der Waals surface area contributed by atoms with Crippen molar-refractivity contribution in [3.05, 3.63) is 15.6 Å². The third kappa shape index (κ3) is 4.38. The summed E-state index contributed by atoms with van der Waals surface area (Å²) < 4.78 is 12.3. The van der Waals surface area contributed by atoms with Crippen molar-refractivity contribution in [3.8, 4) is 0 Å². The Balaban J connectivity index is 1.90. The van der Waals surface area contributed by atoms with Crippen molar-refractivity contribution >= 4 is 28.0 Å². The molecule has 1 heterocycles. The van der Waals surface area contributed by atoms with Crippen LogP contribution in [-0.2, 0) is 21.3 Å². The first-order chi connectivity index (χ1) is 10.4. The molecule has 1 aromatic heterocycles. The van der Waals surface area contributed by atoms with E-state index < -0.39 is 10.8 Å². The summed E-state index contributed by atoms with van der Waals surface area (Å²) in [5.74, 6) is 1.12. The second-order valence-corrected chi connectivity index (χ2v) is 9.05. The van der Waals surface area contributed by atoms with Gasteiger partial charge in [0.25, 0.3) is 0 Å². The van der Waals surface area contributed by atoms with E-state index in [0.29, 0.717) is 17.7 Å². The zero-order valence-electron chi connectivity index (χ0n) is 13.9. The van der Waals surface area contributed by atoms with Crippen LogP contribution in [-0.4, -0.2) is 38.8 Å². The van der Waals surface area contributed by atoms with E-state index in [1.54, 1.807) is 11.3 Å². The highest BCUT2D eigenvalue weighted by molar-refractivity contribution is 7.85. The second-order valence-electron chi connectivity index (χ2n) is 6.30. The smallest absolute Gasteiger partial charge is 0.235 e. The summed E-state index contributed by atoms with van der Waals surface area (Å²) in [5, 5.41) is 0.990. The third-order valence-corrected chi connectivity index (χ3v) is 6.97. The first-order valence-electron chi connectivity index (χ1n) is 7.92. The fraction of sp³-hybridized carbons (Fsp3) is 0.750. The molecule has 4 nitrogen and oxygen atoms in total. The van der Waals surface area contributed by atoms with Crippen LogP contribution < -0.4 is 0 Å². The number of hydrogen-bond donors (Lipinski definition) is 0. The minimum absolute atomic E-state index is 0.0102. The number of aryl methyl sites for hydroxylation is 2. The van der Waals surface area contributed by atoms with Crippen molar-refractivity contribution in [2.75, 3.05) is 12.8 Å². The number of carbonyl (C=O) groups excluding carboxylic acids is 1.